The summed E-state index contributed by atoms with van der Waals surface area (Å²) >= 11 is 7.24. The molecule has 1 aromatic carbocycles. The SMILES string of the molecule is CC(NC(=O)Cc1csc(Nc2ccc(Cl)cn2)n1)c1ccccc1. The summed E-state index contributed by atoms with van der Waals surface area (Å²) in [6.45, 7) is 1.97. The molecule has 5 nitrogen and oxygen atoms in total. The number of nitrogens with zero attached hydrogens (tertiary/aromatic N) is 2. The molecule has 2 N–H and O–H groups in total. The molecule has 0 fully saturated rings. The minimum absolute atomic E-state index is 0.0387. The summed E-state index contributed by atoms with van der Waals surface area (Å²) in [5.74, 6) is 0.602. The highest BCUT2D eigenvalue weighted by Gasteiger charge is 2.12. The third-order valence-electron chi connectivity index (χ3n) is 3.53. The lowest BCUT2D eigenvalue weighted by Crippen LogP contribution is -2.28. The molecule has 0 bridgehead atoms. The highest BCUT2D eigenvalue weighted by Crippen LogP contribution is 2.21. The van der Waals surface area contributed by atoms with Gasteiger partial charge < -0.3 is 10.6 Å². The lowest BCUT2D eigenvalue weighted by atomic mass is 10.1. The third kappa shape index (κ3) is 5.01. The Morgan fingerprint density at radius 3 is 2.76 bits per heavy atom. The number of nitrogens with one attached hydrogen (secondary N) is 2. The van der Waals surface area contributed by atoms with Gasteiger partial charge in [0.1, 0.15) is 5.82 Å². The fourth-order valence-electron chi connectivity index (χ4n) is 2.29. The minimum Gasteiger partial charge on any atom is -0.349 e. The molecule has 0 saturated heterocycles. The van der Waals surface area contributed by atoms with Crippen LogP contribution in [0.15, 0.2) is 54.0 Å². The Hall–Kier alpha value is -2.44. The van der Waals surface area contributed by atoms with Gasteiger partial charge in [-0.15, -0.1) is 11.3 Å². The molecule has 0 radical (unpaired) electrons. The number of carbonyl (C=O) groups is 1. The van der Waals surface area contributed by atoms with Gasteiger partial charge in [0, 0.05) is 11.6 Å². The number of rotatable bonds is 6. The van der Waals surface area contributed by atoms with Crippen LogP contribution in [0.5, 0.6) is 0 Å². The molecule has 0 aliphatic heterocycles. The molecule has 2 aromatic heterocycles. The van der Waals surface area contributed by atoms with Gasteiger partial charge in [0.25, 0.3) is 0 Å². The van der Waals surface area contributed by atoms with Crippen molar-refractivity contribution in [2.75, 3.05) is 5.32 Å². The van der Waals surface area contributed by atoms with Crippen molar-refractivity contribution in [1.82, 2.24) is 15.3 Å². The Balaban J connectivity index is 1.55. The average molecular weight is 373 g/mol. The molecule has 3 rings (SSSR count). The molecule has 7 heteroatoms. The van der Waals surface area contributed by atoms with Gasteiger partial charge in [-0.3, -0.25) is 4.79 Å². The van der Waals surface area contributed by atoms with Crippen molar-refractivity contribution in [3.63, 3.8) is 0 Å². The second-order valence-corrected chi connectivity index (χ2v) is 6.80. The number of amides is 1. The van der Waals surface area contributed by atoms with Gasteiger partial charge in [0.15, 0.2) is 5.13 Å². The topological polar surface area (TPSA) is 66.9 Å². The predicted octanol–water partition coefficient (Wildman–Crippen LogP) is 4.36. The van der Waals surface area contributed by atoms with Crippen molar-refractivity contribution in [3.8, 4) is 0 Å². The molecule has 1 unspecified atom stereocenters. The minimum atomic E-state index is -0.0576. The molecule has 0 spiro atoms. The number of hydrogen-bond donors (Lipinski definition) is 2. The molecule has 0 aliphatic rings. The summed E-state index contributed by atoms with van der Waals surface area (Å²) in [6.07, 6.45) is 1.81. The molecule has 128 valence electrons. The van der Waals surface area contributed by atoms with E-state index in [0.717, 1.165) is 11.3 Å². The first-order valence-electron chi connectivity index (χ1n) is 7.77. The second kappa shape index (κ2) is 8.09. The first kappa shape index (κ1) is 17.4. The normalized spacial score (nSPS) is 11.8. The van der Waals surface area contributed by atoms with Crippen molar-refractivity contribution in [2.24, 2.45) is 0 Å². The first-order chi connectivity index (χ1) is 12.1. The molecule has 1 amide bonds. The summed E-state index contributed by atoms with van der Waals surface area (Å²) in [6, 6.07) is 13.4. The van der Waals surface area contributed by atoms with Crippen LogP contribution in [0.25, 0.3) is 0 Å². The van der Waals surface area contributed by atoms with E-state index in [1.54, 1.807) is 18.3 Å². The number of thiazole rings is 1. The van der Waals surface area contributed by atoms with Crippen LogP contribution >= 0.6 is 22.9 Å². The Kier molecular flexibility index (Phi) is 5.63. The van der Waals surface area contributed by atoms with Crippen molar-refractivity contribution < 1.29 is 4.79 Å². The Morgan fingerprint density at radius 1 is 1.24 bits per heavy atom. The van der Waals surface area contributed by atoms with Gasteiger partial charge in [-0.1, -0.05) is 41.9 Å². The fraction of sp³-hybridized carbons (Fsp3) is 0.167. The lowest BCUT2D eigenvalue weighted by Gasteiger charge is -2.13. The van der Waals surface area contributed by atoms with E-state index < -0.39 is 0 Å². The van der Waals surface area contributed by atoms with Crippen LogP contribution < -0.4 is 10.6 Å². The van der Waals surface area contributed by atoms with Gasteiger partial charge in [0.05, 0.1) is 23.2 Å². The van der Waals surface area contributed by atoms with E-state index in [4.69, 9.17) is 11.6 Å². The van der Waals surface area contributed by atoms with Crippen molar-refractivity contribution >= 4 is 39.8 Å². The summed E-state index contributed by atoms with van der Waals surface area (Å²) in [5, 5.41) is 9.22. The summed E-state index contributed by atoms with van der Waals surface area (Å²) in [5.41, 5.74) is 1.80. The number of halogens is 1. The van der Waals surface area contributed by atoms with E-state index in [-0.39, 0.29) is 18.4 Å². The third-order valence-corrected chi connectivity index (χ3v) is 4.56. The van der Waals surface area contributed by atoms with E-state index in [1.165, 1.54) is 11.3 Å². The van der Waals surface area contributed by atoms with Gasteiger partial charge in [0.2, 0.25) is 5.91 Å². The number of pyridine rings is 1. The summed E-state index contributed by atoms with van der Waals surface area (Å²) < 4.78 is 0. The highest BCUT2D eigenvalue weighted by atomic mass is 35.5. The number of anilines is 2. The number of aromatic nitrogens is 2. The number of benzene rings is 1. The van der Waals surface area contributed by atoms with Crippen molar-refractivity contribution in [3.05, 3.63) is 70.3 Å². The van der Waals surface area contributed by atoms with E-state index >= 15 is 0 Å². The largest absolute Gasteiger partial charge is 0.349 e. The molecule has 1 atom stereocenters. The van der Waals surface area contributed by atoms with Crippen LogP contribution in [0.1, 0.15) is 24.2 Å². The standard InChI is InChI=1S/C18H17ClN4OS/c1-12(13-5-3-2-4-6-13)21-17(24)9-15-11-25-18(22-15)23-16-8-7-14(19)10-20-16/h2-8,10-12H,9H2,1H3,(H,21,24)(H,20,22,23). The summed E-state index contributed by atoms with van der Waals surface area (Å²) in [4.78, 5) is 20.8. The van der Waals surface area contributed by atoms with E-state index in [9.17, 15) is 4.79 Å². The van der Waals surface area contributed by atoms with Crippen LogP contribution in [0.2, 0.25) is 5.02 Å². The molecule has 2 heterocycles. The van der Waals surface area contributed by atoms with Crippen LogP contribution in [0.4, 0.5) is 10.9 Å². The average Bonchev–Trinajstić information content (AvgIpc) is 3.04. The quantitative estimate of drug-likeness (QED) is 0.674. The van der Waals surface area contributed by atoms with Crippen LogP contribution in [-0.4, -0.2) is 15.9 Å². The molecular formula is C18H17ClN4OS. The zero-order chi connectivity index (χ0) is 17.6. The summed E-state index contributed by atoms with van der Waals surface area (Å²) in [7, 11) is 0. The predicted molar refractivity (Wildman–Crippen MR) is 101 cm³/mol. The highest BCUT2D eigenvalue weighted by molar-refractivity contribution is 7.13. The number of hydrogen-bond acceptors (Lipinski definition) is 5. The van der Waals surface area contributed by atoms with Gasteiger partial charge >= 0.3 is 0 Å². The zero-order valence-corrected chi connectivity index (χ0v) is 15.1. The monoisotopic (exact) mass is 372 g/mol. The number of carbonyl (C=O) groups excluding carboxylic acids is 1. The molecular weight excluding hydrogens is 356 g/mol. The maximum atomic E-state index is 12.2. The molecule has 25 heavy (non-hydrogen) atoms. The van der Waals surface area contributed by atoms with Gasteiger partial charge in [-0.05, 0) is 24.6 Å². The second-order valence-electron chi connectivity index (χ2n) is 5.51. The van der Waals surface area contributed by atoms with Crippen molar-refractivity contribution in [2.45, 2.75) is 19.4 Å². The first-order valence-corrected chi connectivity index (χ1v) is 9.03. The van der Waals surface area contributed by atoms with Crippen LogP contribution in [-0.2, 0) is 11.2 Å². The molecule has 3 aromatic rings. The van der Waals surface area contributed by atoms with E-state index in [0.29, 0.717) is 16.0 Å². The Bertz CT molecular complexity index is 836. The van der Waals surface area contributed by atoms with Gasteiger partial charge in [-0.25, -0.2) is 9.97 Å². The Morgan fingerprint density at radius 2 is 2.04 bits per heavy atom. The Labute approximate surface area is 155 Å². The van der Waals surface area contributed by atoms with Gasteiger partial charge in [-0.2, -0.15) is 0 Å². The van der Waals surface area contributed by atoms with Crippen LogP contribution in [0, 0.1) is 0 Å². The van der Waals surface area contributed by atoms with E-state index in [1.807, 2.05) is 42.6 Å². The lowest BCUT2D eigenvalue weighted by molar-refractivity contribution is -0.121. The molecule has 0 saturated carbocycles. The molecule has 0 aliphatic carbocycles. The van der Waals surface area contributed by atoms with E-state index in [2.05, 4.69) is 20.6 Å². The maximum Gasteiger partial charge on any atom is 0.226 e. The maximum absolute atomic E-state index is 12.2. The van der Waals surface area contributed by atoms with Crippen LogP contribution in [0.3, 0.4) is 0 Å². The smallest absolute Gasteiger partial charge is 0.226 e. The fourth-order valence-corrected chi connectivity index (χ4v) is 3.12. The zero-order valence-electron chi connectivity index (χ0n) is 13.6. The van der Waals surface area contributed by atoms with Crippen molar-refractivity contribution in [1.29, 1.82) is 0 Å².